The highest BCUT2D eigenvalue weighted by Crippen LogP contribution is 2.33. The maximum absolute atomic E-state index is 12.3. The zero-order chi connectivity index (χ0) is 18.7. The quantitative estimate of drug-likeness (QED) is 0.475. The average molecular weight is 372 g/mol. The van der Waals surface area contributed by atoms with Crippen molar-refractivity contribution in [2.24, 2.45) is 0 Å². The smallest absolute Gasteiger partial charge is 0.293 e. The molecule has 5 nitrogen and oxygen atoms in total. The Bertz CT molecular complexity index is 856. The van der Waals surface area contributed by atoms with Crippen molar-refractivity contribution < 1.29 is 19.4 Å². The molecule has 0 bridgehead atoms. The molecule has 1 atom stereocenters. The Kier molecular flexibility index (Phi) is 5.28. The van der Waals surface area contributed by atoms with Crippen LogP contribution in [0.25, 0.3) is 5.76 Å². The number of carbonyl (C=O) groups is 2. The van der Waals surface area contributed by atoms with Crippen LogP contribution in [0, 0.1) is 0 Å². The van der Waals surface area contributed by atoms with E-state index in [4.69, 9.17) is 16.3 Å². The van der Waals surface area contributed by atoms with Gasteiger partial charge >= 0.3 is 0 Å². The normalized spacial score (nSPS) is 18.6. The first-order chi connectivity index (χ1) is 12.5. The Morgan fingerprint density at radius 3 is 2.38 bits per heavy atom. The maximum atomic E-state index is 12.3. The summed E-state index contributed by atoms with van der Waals surface area (Å²) in [6.45, 7) is 2.61. The van der Waals surface area contributed by atoms with Gasteiger partial charge in [-0.1, -0.05) is 30.7 Å². The molecule has 0 aliphatic carbocycles. The van der Waals surface area contributed by atoms with Gasteiger partial charge < -0.3 is 15.2 Å². The van der Waals surface area contributed by atoms with Crippen molar-refractivity contribution in [1.82, 2.24) is 5.32 Å². The summed E-state index contributed by atoms with van der Waals surface area (Å²) in [5, 5.41) is 13.8. The lowest BCUT2D eigenvalue weighted by Crippen LogP contribution is -2.21. The average Bonchev–Trinajstić information content (AvgIpc) is 2.95. The van der Waals surface area contributed by atoms with Gasteiger partial charge in [0.1, 0.15) is 11.5 Å². The summed E-state index contributed by atoms with van der Waals surface area (Å²) in [5.41, 5.74) is 1.13. The van der Waals surface area contributed by atoms with Crippen molar-refractivity contribution in [2.75, 3.05) is 6.61 Å². The number of halogens is 1. The lowest BCUT2D eigenvalue weighted by atomic mass is 9.96. The van der Waals surface area contributed by atoms with Crippen molar-refractivity contribution in [3.05, 3.63) is 70.3 Å². The number of amides is 1. The van der Waals surface area contributed by atoms with E-state index in [1.54, 1.807) is 48.5 Å². The summed E-state index contributed by atoms with van der Waals surface area (Å²) >= 11 is 5.89. The molecule has 0 saturated carbocycles. The standard InChI is InChI=1S/C20H18ClNO4/c1-2-11-26-15-9-5-13(6-10-15)18(23)16-17(22-20(25)19(16)24)12-3-7-14(21)8-4-12/h3-10,17,23H,2,11H2,1H3,(H,22,25). The first kappa shape index (κ1) is 18.0. The van der Waals surface area contributed by atoms with E-state index in [9.17, 15) is 14.7 Å². The number of aliphatic hydroxyl groups excluding tert-OH is 1. The van der Waals surface area contributed by atoms with Crippen LogP contribution in [0.5, 0.6) is 5.75 Å². The molecule has 1 aliphatic rings. The number of benzene rings is 2. The molecule has 1 aliphatic heterocycles. The van der Waals surface area contributed by atoms with E-state index in [-0.39, 0.29) is 11.3 Å². The number of Topliss-reactive ketones (excluding diaryl/α,β-unsaturated/α-hetero) is 1. The minimum atomic E-state index is -0.742. The highest BCUT2D eigenvalue weighted by Gasteiger charge is 2.39. The van der Waals surface area contributed by atoms with Crippen LogP contribution in [0.4, 0.5) is 0 Å². The predicted molar refractivity (Wildman–Crippen MR) is 99.1 cm³/mol. The SMILES string of the molecule is CCCOc1ccc(C(O)=C2C(=O)C(=O)NC2c2ccc(Cl)cc2)cc1. The number of carbonyl (C=O) groups excluding carboxylic acids is 2. The summed E-state index contributed by atoms with van der Waals surface area (Å²) in [4.78, 5) is 24.2. The molecule has 2 N–H and O–H groups in total. The largest absolute Gasteiger partial charge is 0.507 e. The van der Waals surface area contributed by atoms with E-state index in [1.165, 1.54) is 0 Å². The van der Waals surface area contributed by atoms with Gasteiger partial charge in [-0.15, -0.1) is 0 Å². The van der Waals surface area contributed by atoms with E-state index in [0.29, 0.717) is 28.5 Å². The molecule has 0 radical (unpaired) electrons. The van der Waals surface area contributed by atoms with E-state index >= 15 is 0 Å². The molecule has 3 rings (SSSR count). The monoisotopic (exact) mass is 371 g/mol. The number of hydrogen-bond acceptors (Lipinski definition) is 4. The van der Waals surface area contributed by atoms with Crippen molar-refractivity contribution in [3.8, 4) is 5.75 Å². The van der Waals surface area contributed by atoms with Crippen LogP contribution < -0.4 is 10.1 Å². The second kappa shape index (κ2) is 7.62. The van der Waals surface area contributed by atoms with Gasteiger partial charge in [0, 0.05) is 10.6 Å². The molecule has 26 heavy (non-hydrogen) atoms. The van der Waals surface area contributed by atoms with Crippen LogP contribution in [0.15, 0.2) is 54.1 Å². The van der Waals surface area contributed by atoms with Gasteiger partial charge in [0.15, 0.2) is 0 Å². The second-order valence-corrected chi connectivity index (χ2v) is 6.36. The summed E-state index contributed by atoms with van der Waals surface area (Å²) in [6.07, 6.45) is 0.891. The fourth-order valence-corrected chi connectivity index (χ4v) is 2.88. The van der Waals surface area contributed by atoms with Crippen molar-refractivity contribution in [2.45, 2.75) is 19.4 Å². The van der Waals surface area contributed by atoms with Gasteiger partial charge in [0.05, 0.1) is 18.2 Å². The molecular weight excluding hydrogens is 354 g/mol. The first-order valence-corrected chi connectivity index (χ1v) is 8.66. The van der Waals surface area contributed by atoms with Crippen LogP contribution in [-0.4, -0.2) is 23.4 Å². The molecule has 1 fully saturated rings. The number of ketones is 1. The maximum Gasteiger partial charge on any atom is 0.293 e. The number of rotatable bonds is 5. The van der Waals surface area contributed by atoms with Crippen LogP contribution in [0.1, 0.15) is 30.5 Å². The van der Waals surface area contributed by atoms with Crippen LogP contribution >= 0.6 is 11.6 Å². The van der Waals surface area contributed by atoms with Crippen LogP contribution in [0.2, 0.25) is 5.02 Å². The summed E-state index contributed by atoms with van der Waals surface area (Å²) in [7, 11) is 0. The molecule has 2 aromatic rings. The molecule has 1 heterocycles. The topological polar surface area (TPSA) is 75.6 Å². The molecule has 1 unspecified atom stereocenters. The minimum absolute atomic E-state index is 0.0274. The number of aliphatic hydroxyl groups is 1. The van der Waals surface area contributed by atoms with Crippen molar-refractivity contribution >= 4 is 29.1 Å². The van der Waals surface area contributed by atoms with Crippen molar-refractivity contribution in [3.63, 3.8) is 0 Å². The van der Waals surface area contributed by atoms with Crippen LogP contribution in [0.3, 0.4) is 0 Å². The Balaban J connectivity index is 1.97. The van der Waals surface area contributed by atoms with E-state index in [1.807, 2.05) is 6.92 Å². The highest BCUT2D eigenvalue weighted by atomic mass is 35.5. The van der Waals surface area contributed by atoms with Gasteiger partial charge in [0.25, 0.3) is 11.7 Å². The van der Waals surface area contributed by atoms with E-state index < -0.39 is 17.7 Å². The molecule has 1 amide bonds. The fraction of sp³-hybridized carbons (Fsp3) is 0.200. The molecule has 0 spiro atoms. The van der Waals surface area contributed by atoms with Gasteiger partial charge in [-0.2, -0.15) is 0 Å². The third-order valence-corrected chi connectivity index (χ3v) is 4.33. The van der Waals surface area contributed by atoms with Gasteiger partial charge in [-0.3, -0.25) is 9.59 Å². The van der Waals surface area contributed by atoms with Gasteiger partial charge in [-0.25, -0.2) is 0 Å². The predicted octanol–water partition coefficient (Wildman–Crippen LogP) is 3.84. The Labute approximate surface area is 156 Å². The van der Waals surface area contributed by atoms with Crippen molar-refractivity contribution in [1.29, 1.82) is 0 Å². The summed E-state index contributed by atoms with van der Waals surface area (Å²) < 4.78 is 5.51. The molecule has 1 saturated heterocycles. The van der Waals surface area contributed by atoms with Crippen LogP contribution in [-0.2, 0) is 9.59 Å². The lowest BCUT2D eigenvalue weighted by molar-refractivity contribution is -0.133. The molecular formula is C20H18ClNO4. The third kappa shape index (κ3) is 3.58. The second-order valence-electron chi connectivity index (χ2n) is 5.92. The number of ether oxygens (including phenoxy) is 1. The molecule has 0 aromatic heterocycles. The fourth-order valence-electron chi connectivity index (χ4n) is 2.76. The summed E-state index contributed by atoms with van der Waals surface area (Å²) in [5.74, 6) is -1.03. The molecule has 134 valence electrons. The first-order valence-electron chi connectivity index (χ1n) is 8.28. The van der Waals surface area contributed by atoms with E-state index in [0.717, 1.165) is 6.42 Å². The Morgan fingerprint density at radius 2 is 1.77 bits per heavy atom. The Morgan fingerprint density at radius 1 is 1.12 bits per heavy atom. The lowest BCUT2D eigenvalue weighted by Gasteiger charge is -2.14. The van der Waals surface area contributed by atoms with Gasteiger partial charge in [0.2, 0.25) is 0 Å². The zero-order valence-corrected chi connectivity index (χ0v) is 14.9. The number of hydrogen-bond donors (Lipinski definition) is 2. The minimum Gasteiger partial charge on any atom is -0.507 e. The zero-order valence-electron chi connectivity index (χ0n) is 14.2. The molecule has 2 aromatic carbocycles. The van der Waals surface area contributed by atoms with E-state index in [2.05, 4.69) is 5.32 Å². The van der Waals surface area contributed by atoms with Gasteiger partial charge in [-0.05, 0) is 48.4 Å². The third-order valence-electron chi connectivity index (χ3n) is 4.07. The number of nitrogens with one attached hydrogen (secondary N) is 1. The molecule has 6 heteroatoms. The Hall–Kier alpha value is -2.79. The summed E-state index contributed by atoms with van der Waals surface area (Å²) in [6, 6.07) is 12.8. The highest BCUT2D eigenvalue weighted by molar-refractivity contribution is 6.46.